The van der Waals surface area contributed by atoms with E-state index in [4.69, 9.17) is 4.74 Å². The number of thioether (sulfide) groups is 1. The Balaban J connectivity index is 1.90. The predicted octanol–water partition coefficient (Wildman–Crippen LogP) is 5.69. The Kier molecular flexibility index (Phi) is 3.39. The second-order valence-electron chi connectivity index (χ2n) is 5.38. The van der Waals surface area contributed by atoms with Gasteiger partial charge in [0.2, 0.25) is 0 Å². The second-order valence-corrected chi connectivity index (χ2v) is 6.26. The zero-order chi connectivity index (χ0) is 14.9. The molecule has 2 heteroatoms. The summed E-state index contributed by atoms with van der Waals surface area (Å²) >= 11 is 1.77. The number of hydrogen-bond acceptors (Lipinski definition) is 2. The van der Waals surface area contributed by atoms with Crippen LogP contribution in [0, 0.1) is 0 Å². The van der Waals surface area contributed by atoms with E-state index in [1.807, 2.05) is 12.1 Å². The highest BCUT2D eigenvalue weighted by atomic mass is 32.2. The van der Waals surface area contributed by atoms with Gasteiger partial charge in [0.25, 0.3) is 0 Å². The van der Waals surface area contributed by atoms with E-state index >= 15 is 0 Å². The minimum absolute atomic E-state index is 0.233. The van der Waals surface area contributed by atoms with Crippen molar-refractivity contribution in [1.82, 2.24) is 0 Å². The third kappa shape index (κ3) is 2.20. The first-order valence-corrected chi connectivity index (χ1v) is 8.59. The van der Waals surface area contributed by atoms with Crippen LogP contribution in [0.5, 0.6) is 11.5 Å². The van der Waals surface area contributed by atoms with Gasteiger partial charge in [-0.25, -0.2) is 0 Å². The van der Waals surface area contributed by atoms with Gasteiger partial charge in [-0.05, 0) is 36.1 Å². The third-order valence-corrected chi connectivity index (χ3v) is 4.87. The molecular formula is C20H16OS. The van der Waals surface area contributed by atoms with Gasteiger partial charge in [0.15, 0.2) is 0 Å². The summed E-state index contributed by atoms with van der Waals surface area (Å²) in [6, 6.07) is 25.5. The summed E-state index contributed by atoms with van der Waals surface area (Å²) in [5.74, 6) is 2.15. The molecule has 1 aliphatic rings. The first-order valence-electron chi connectivity index (χ1n) is 7.36. The van der Waals surface area contributed by atoms with Gasteiger partial charge in [0.05, 0.1) is 0 Å². The third-order valence-electron chi connectivity index (χ3n) is 4.13. The van der Waals surface area contributed by atoms with Gasteiger partial charge in [-0.15, -0.1) is 11.8 Å². The molecule has 0 radical (unpaired) electrons. The van der Waals surface area contributed by atoms with E-state index in [0.29, 0.717) is 0 Å². The van der Waals surface area contributed by atoms with Gasteiger partial charge in [0, 0.05) is 21.9 Å². The highest BCUT2D eigenvalue weighted by Gasteiger charge is 2.27. The van der Waals surface area contributed by atoms with Crippen molar-refractivity contribution in [2.45, 2.75) is 10.8 Å². The summed E-state index contributed by atoms with van der Waals surface area (Å²) < 4.78 is 6.07. The number of rotatable bonds is 2. The van der Waals surface area contributed by atoms with Crippen molar-refractivity contribution in [3.63, 3.8) is 0 Å². The number of benzene rings is 3. The average Bonchev–Trinajstić information content (AvgIpc) is 2.60. The molecule has 3 aromatic rings. The quantitative estimate of drug-likeness (QED) is 0.440. The van der Waals surface area contributed by atoms with Gasteiger partial charge in [-0.1, -0.05) is 48.5 Å². The molecule has 0 aromatic heterocycles. The van der Waals surface area contributed by atoms with Gasteiger partial charge >= 0.3 is 0 Å². The molecular weight excluding hydrogens is 288 g/mol. The van der Waals surface area contributed by atoms with Crippen LogP contribution < -0.4 is 4.74 Å². The minimum Gasteiger partial charge on any atom is -0.457 e. The lowest BCUT2D eigenvalue weighted by atomic mass is 9.83. The van der Waals surface area contributed by atoms with E-state index in [1.54, 1.807) is 11.8 Å². The SMILES string of the molecule is CSc1ccc(C2c3ccccc3Oc3ccccc32)cc1. The van der Waals surface area contributed by atoms with Gasteiger partial charge in [-0.2, -0.15) is 0 Å². The smallest absolute Gasteiger partial charge is 0.131 e. The lowest BCUT2D eigenvalue weighted by Gasteiger charge is -2.28. The lowest BCUT2D eigenvalue weighted by Crippen LogP contribution is -2.11. The van der Waals surface area contributed by atoms with Crippen molar-refractivity contribution in [3.8, 4) is 11.5 Å². The molecule has 0 saturated carbocycles. The van der Waals surface area contributed by atoms with Crippen LogP contribution in [0.2, 0.25) is 0 Å². The fourth-order valence-corrected chi connectivity index (χ4v) is 3.47. The molecule has 0 spiro atoms. The number of hydrogen-bond donors (Lipinski definition) is 0. The highest BCUT2D eigenvalue weighted by Crippen LogP contribution is 2.46. The van der Waals surface area contributed by atoms with E-state index in [9.17, 15) is 0 Å². The van der Waals surface area contributed by atoms with Gasteiger partial charge in [-0.3, -0.25) is 0 Å². The number of para-hydroxylation sites is 2. The summed E-state index contributed by atoms with van der Waals surface area (Å²) in [5, 5.41) is 0. The molecule has 108 valence electrons. The Morgan fingerprint density at radius 1 is 0.727 bits per heavy atom. The van der Waals surface area contributed by atoms with E-state index in [0.717, 1.165) is 11.5 Å². The standard InChI is InChI=1S/C20H16OS/c1-22-15-12-10-14(11-13-15)20-16-6-2-4-8-18(16)21-19-9-5-3-7-17(19)20/h2-13,20H,1H3. The molecule has 0 amide bonds. The van der Waals surface area contributed by atoms with Crippen LogP contribution in [0.4, 0.5) is 0 Å². The monoisotopic (exact) mass is 304 g/mol. The molecule has 4 rings (SSSR count). The fraction of sp³-hybridized carbons (Fsp3) is 0.100. The molecule has 0 unspecified atom stereocenters. The maximum Gasteiger partial charge on any atom is 0.131 e. The Labute approximate surface area is 135 Å². The Morgan fingerprint density at radius 3 is 1.82 bits per heavy atom. The van der Waals surface area contributed by atoms with Crippen molar-refractivity contribution >= 4 is 11.8 Å². The molecule has 0 atom stereocenters. The number of fused-ring (bicyclic) bond motifs is 2. The fourth-order valence-electron chi connectivity index (χ4n) is 3.07. The molecule has 1 nitrogen and oxygen atoms in total. The van der Waals surface area contributed by atoms with Crippen molar-refractivity contribution in [2.24, 2.45) is 0 Å². The van der Waals surface area contributed by atoms with Crippen LogP contribution in [-0.4, -0.2) is 6.26 Å². The van der Waals surface area contributed by atoms with Crippen LogP contribution in [0.1, 0.15) is 22.6 Å². The van der Waals surface area contributed by atoms with Gasteiger partial charge in [0.1, 0.15) is 11.5 Å². The van der Waals surface area contributed by atoms with E-state index in [-0.39, 0.29) is 5.92 Å². The summed E-state index contributed by atoms with van der Waals surface area (Å²) in [5.41, 5.74) is 3.78. The summed E-state index contributed by atoms with van der Waals surface area (Å²) in [7, 11) is 0. The topological polar surface area (TPSA) is 9.23 Å². The summed E-state index contributed by atoms with van der Waals surface area (Å²) in [6.45, 7) is 0. The van der Waals surface area contributed by atoms with Crippen molar-refractivity contribution in [1.29, 1.82) is 0 Å². The maximum absolute atomic E-state index is 6.07. The second kappa shape index (κ2) is 5.54. The molecule has 0 N–H and O–H groups in total. The summed E-state index contributed by atoms with van der Waals surface area (Å²) in [6.07, 6.45) is 2.11. The van der Waals surface area contributed by atoms with Crippen molar-refractivity contribution in [3.05, 3.63) is 89.5 Å². The van der Waals surface area contributed by atoms with Crippen molar-refractivity contribution in [2.75, 3.05) is 6.26 Å². The zero-order valence-corrected chi connectivity index (χ0v) is 13.1. The van der Waals surface area contributed by atoms with Crippen LogP contribution in [0.25, 0.3) is 0 Å². The minimum atomic E-state index is 0.233. The molecule has 0 fully saturated rings. The Hall–Kier alpha value is -2.19. The van der Waals surface area contributed by atoms with Crippen LogP contribution >= 0.6 is 11.8 Å². The molecule has 0 bridgehead atoms. The normalized spacial score (nSPS) is 13.1. The molecule has 0 aliphatic carbocycles. The lowest BCUT2D eigenvalue weighted by molar-refractivity contribution is 0.453. The van der Waals surface area contributed by atoms with Crippen LogP contribution in [0.15, 0.2) is 77.7 Å². The molecule has 0 saturated heterocycles. The average molecular weight is 304 g/mol. The first kappa shape index (κ1) is 13.5. The summed E-state index contributed by atoms with van der Waals surface area (Å²) in [4.78, 5) is 1.29. The molecule has 1 aliphatic heterocycles. The molecule has 22 heavy (non-hydrogen) atoms. The predicted molar refractivity (Wildman–Crippen MR) is 92.1 cm³/mol. The Bertz CT molecular complexity index is 762. The Morgan fingerprint density at radius 2 is 1.27 bits per heavy atom. The number of ether oxygens (including phenoxy) is 1. The first-order chi connectivity index (χ1) is 10.9. The van der Waals surface area contributed by atoms with E-state index in [2.05, 4.69) is 66.9 Å². The van der Waals surface area contributed by atoms with Crippen molar-refractivity contribution < 1.29 is 4.74 Å². The largest absolute Gasteiger partial charge is 0.457 e. The van der Waals surface area contributed by atoms with Crippen LogP contribution in [-0.2, 0) is 0 Å². The van der Waals surface area contributed by atoms with E-state index in [1.165, 1.54) is 21.6 Å². The molecule has 3 aromatic carbocycles. The van der Waals surface area contributed by atoms with Crippen LogP contribution in [0.3, 0.4) is 0 Å². The van der Waals surface area contributed by atoms with E-state index < -0.39 is 0 Å². The maximum atomic E-state index is 6.07. The molecule has 1 heterocycles. The highest BCUT2D eigenvalue weighted by molar-refractivity contribution is 7.98. The van der Waals surface area contributed by atoms with Gasteiger partial charge < -0.3 is 4.74 Å². The zero-order valence-electron chi connectivity index (χ0n) is 12.3.